The van der Waals surface area contributed by atoms with Crippen molar-refractivity contribution in [2.75, 3.05) is 13.1 Å². The third kappa shape index (κ3) is 5.08. The van der Waals surface area contributed by atoms with Gasteiger partial charge in [-0.05, 0) is 46.1 Å². The Morgan fingerprint density at radius 2 is 1.96 bits per heavy atom. The number of aromatic nitrogens is 1. The van der Waals surface area contributed by atoms with Gasteiger partial charge in [-0.3, -0.25) is 4.79 Å². The van der Waals surface area contributed by atoms with Gasteiger partial charge in [-0.25, -0.2) is 9.78 Å². The maximum absolute atomic E-state index is 12.7. The van der Waals surface area contributed by atoms with E-state index in [4.69, 9.17) is 21.1 Å². The fourth-order valence-corrected chi connectivity index (χ4v) is 2.97. The molecule has 2 heterocycles. The number of carbonyl (C=O) groups excluding carboxylic acids is 2. The maximum atomic E-state index is 12.7. The van der Waals surface area contributed by atoms with Gasteiger partial charge in [0.05, 0.1) is 5.41 Å². The van der Waals surface area contributed by atoms with E-state index in [0.717, 1.165) is 0 Å². The Kier molecular flexibility index (Phi) is 5.93. The van der Waals surface area contributed by atoms with E-state index < -0.39 is 11.0 Å². The van der Waals surface area contributed by atoms with Crippen LogP contribution in [0.1, 0.15) is 47.0 Å². The van der Waals surface area contributed by atoms with Crippen molar-refractivity contribution < 1.29 is 19.1 Å². The van der Waals surface area contributed by atoms with Crippen molar-refractivity contribution >= 4 is 23.7 Å². The third-order valence-corrected chi connectivity index (χ3v) is 4.60. The highest BCUT2D eigenvalue weighted by molar-refractivity contribution is 6.29. The highest BCUT2D eigenvalue weighted by Crippen LogP contribution is 2.37. The Hall–Kier alpha value is -1.82. The zero-order valence-electron chi connectivity index (χ0n) is 15.2. The van der Waals surface area contributed by atoms with Crippen LogP contribution in [0, 0.1) is 5.41 Å². The molecule has 0 atom stereocenters. The van der Waals surface area contributed by atoms with Crippen LogP contribution in [-0.4, -0.2) is 40.6 Å². The lowest BCUT2D eigenvalue weighted by Gasteiger charge is -2.39. The number of hydrogen-bond acceptors (Lipinski definition) is 5. The number of esters is 1. The molecule has 2 rings (SSSR count). The molecule has 0 bridgehead atoms. The van der Waals surface area contributed by atoms with Gasteiger partial charge >= 0.3 is 12.1 Å². The number of ether oxygens (including phenoxy) is 2. The van der Waals surface area contributed by atoms with Crippen molar-refractivity contribution in [1.29, 1.82) is 0 Å². The van der Waals surface area contributed by atoms with Gasteiger partial charge in [0.15, 0.2) is 0 Å². The number of amides is 1. The van der Waals surface area contributed by atoms with E-state index in [-0.39, 0.29) is 17.2 Å². The Balaban J connectivity index is 2.00. The molecular weight excluding hydrogens is 344 g/mol. The van der Waals surface area contributed by atoms with E-state index >= 15 is 0 Å². The number of piperidine rings is 1. The van der Waals surface area contributed by atoms with E-state index in [1.807, 2.05) is 27.7 Å². The average Bonchev–Trinajstić information content (AvgIpc) is 2.53. The molecule has 6 nitrogen and oxygen atoms in total. The molecule has 1 fully saturated rings. The Labute approximate surface area is 153 Å². The predicted molar refractivity (Wildman–Crippen MR) is 94.6 cm³/mol. The van der Waals surface area contributed by atoms with Crippen LogP contribution in [0.4, 0.5) is 4.79 Å². The van der Waals surface area contributed by atoms with Crippen LogP contribution in [0.3, 0.4) is 0 Å². The summed E-state index contributed by atoms with van der Waals surface area (Å²) in [4.78, 5) is 30.4. The minimum absolute atomic E-state index is 0.274. The molecule has 0 saturated carbocycles. The maximum Gasteiger partial charge on any atom is 0.410 e. The SMILES string of the molecule is CCC1(C(=O)Oc2ccnc(Cl)c2)CCN(C(=O)OC(C)(C)C)CC1. The van der Waals surface area contributed by atoms with Gasteiger partial charge in [-0.2, -0.15) is 0 Å². The van der Waals surface area contributed by atoms with E-state index in [1.165, 1.54) is 12.3 Å². The highest BCUT2D eigenvalue weighted by atomic mass is 35.5. The van der Waals surface area contributed by atoms with Gasteiger partial charge in [0.2, 0.25) is 0 Å². The average molecular weight is 369 g/mol. The van der Waals surface area contributed by atoms with Crippen LogP contribution < -0.4 is 4.74 Å². The number of rotatable bonds is 3. The second-order valence-electron chi connectivity index (χ2n) is 7.31. The number of pyridine rings is 1. The van der Waals surface area contributed by atoms with Crippen molar-refractivity contribution in [3.63, 3.8) is 0 Å². The number of carbonyl (C=O) groups is 2. The van der Waals surface area contributed by atoms with E-state index in [1.54, 1.807) is 11.0 Å². The lowest BCUT2D eigenvalue weighted by atomic mass is 9.76. The first kappa shape index (κ1) is 19.5. The van der Waals surface area contributed by atoms with Crippen LogP contribution >= 0.6 is 11.6 Å². The second kappa shape index (κ2) is 7.60. The summed E-state index contributed by atoms with van der Waals surface area (Å²) >= 11 is 5.83. The van der Waals surface area contributed by atoms with Gasteiger partial charge in [-0.15, -0.1) is 0 Å². The quantitative estimate of drug-likeness (QED) is 0.594. The van der Waals surface area contributed by atoms with Crippen molar-refractivity contribution in [3.8, 4) is 5.75 Å². The molecule has 0 spiro atoms. The molecule has 1 amide bonds. The summed E-state index contributed by atoms with van der Waals surface area (Å²) in [5.74, 6) is 0.0912. The first-order chi connectivity index (χ1) is 11.6. The molecule has 7 heteroatoms. The topological polar surface area (TPSA) is 68.7 Å². The molecule has 0 radical (unpaired) electrons. The van der Waals surface area contributed by atoms with Crippen LogP contribution in [0.5, 0.6) is 5.75 Å². The summed E-state index contributed by atoms with van der Waals surface area (Å²) in [6, 6.07) is 3.11. The molecule has 1 aliphatic heterocycles. The normalized spacial score (nSPS) is 17.1. The minimum Gasteiger partial charge on any atom is -0.444 e. The first-order valence-corrected chi connectivity index (χ1v) is 8.85. The Morgan fingerprint density at radius 1 is 1.32 bits per heavy atom. The zero-order valence-corrected chi connectivity index (χ0v) is 15.9. The second-order valence-corrected chi connectivity index (χ2v) is 7.69. The van der Waals surface area contributed by atoms with Crippen LogP contribution in [0.25, 0.3) is 0 Å². The summed E-state index contributed by atoms with van der Waals surface area (Å²) in [5, 5.41) is 0.274. The standard InChI is InChI=1S/C18H25ClN2O4/c1-5-18(15(22)24-13-6-9-20-14(19)12-13)7-10-21(11-8-18)16(23)25-17(2,3)4/h6,9,12H,5,7-8,10-11H2,1-4H3. The molecule has 1 aliphatic rings. The fraction of sp³-hybridized carbons (Fsp3) is 0.611. The molecule has 0 unspecified atom stereocenters. The van der Waals surface area contributed by atoms with Crippen molar-refractivity contribution in [3.05, 3.63) is 23.5 Å². The van der Waals surface area contributed by atoms with Crippen LogP contribution in [0.2, 0.25) is 5.15 Å². The van der Waals surface area contributed by atoms with Crippen molar-refractivity contribution in [2.24, 2.45) is 5.41 Å². The molecule has 1 saturated heterocycles. The Morgan fingerprint density at radius 3 is 2.48 bits per heavy atom. The largest absolute Gasteiger partial charge is 0.444 e. The first-order valence-electron chi connectivity index (χ1n) is 8.47. The molecule has 0 N–H and O–H groups in total. The summed E-state index contributed by atoms with van der Waals surface area (Å²) < 4.78 is 10.9. The number of halogens is 1. The van der Waals surface area contributed by atoms with Gasteiger partial charge < -0.3 is 14.4 Å². The Bertz CT molecular complexity index is 634. The molecule has 25 heavy (non-hydrogen) atoms. The fourth-order valence-electron chi connectivity index (χ4n) is 2.81. The number of nitrogens with zero attached hydrogens (tertiary/aromatic N) is 2. The summed E-state index contributed by atoms with van der Waals surface area (Å²) in [6.45, 7) is 8.40. The van der Waals surface area contributed by atoms with Gasteiger partial charge in [-0.1, -0.05) is 18.5 Å². The van der Waals surface area contributed by atoms with Gasteiger partial charge in [0.25, 0.3) is 0 Å². The monoisotopic (exact) mass is 368 g/mol. The molecule has 1 aromatic rings. The number of likely N-dealkylation sites (tertiary alicyclic amines) is 1. The molecule has 0 aliphatic carbocycles. The summed E-state index contributed by atoms with van der Waals surface area (Å²) in [5.41, 5.74) is -1.13. The summed E-state index contributed by atoms with van der Waals surface area (Å²) in [7, 11) is 0. The number of hydrogen-bond donors (Lipinski definition) is 0. The van der Waals surface area contributed by atoms with E-state index in [2.05, 4.69) is 4.98 Å². The van der Waals surface area contributed by atoms with Crippen LogP contribution in [-0.2, 0) is 9.53 Å². The molecule has 0 aromatic carbocycles. The lowest BCUT2D eigenvalue weighted by Crippen LogP contribution is -2.48. The highest BCUT2D eigenvalue weighted by Gasteiger charge is 2.43. The van der Waals surface area contributed by atoms with Crippen molar-refractivity contribution in [2.45, 2.75) is 52.6 Å². The smallest absolute Gasteiger partial charge is 0.410 e. The zero-order chi connectivity index (χ0) is 18.7. The summed E-state index contributed by atoms with van der Waals surface area (Å²) in [6.07, 6.45) is 2.88. The van der Waals surface area contributed by atoms with Crippen LogP contribution in [0.15, 0.2) is 18.3 Å². The minimum atomic E-state index is -0.603. The third-order valence-electron chi connectivity index (χ3n) is 4.39. The van der Waals surface area contributed by atoms with Gasteiger partial charge in [0.1, 0.15) is 16.5 Å². The van der Waals surface area contributed by atoms with Gasteiger partial charge in [0, 0.05) is 25.4 Å². The lowest BCUT2D eigenvalue weighted by molar-refractivity contribution is -0.149. The molecule has 138 valence electrons. The molecular formula is C18H25ClN2O4. The van der Waals surface area contributed by atoms with E-state index in [0.29, 0.717) is 38.1 Å². The predicted octanol–water partition coefficient (Wildman–Crippen LogP) is 4.07. The van der Waals surface area contributed by atoms with E-state index in [9.17, 15) is 9.59 Å². The molecule has 1 aromatic heterocycles. The van der Waals surface area contributed by atoms with Crippen molar-refractivity contribution in [1.82, 2.24) is 9.88 Å².